The molecule has 0 saturated heterocycles. The summed E-state index contributed by atoms with van der Waals surface area (Å²) in [4.78, 5) is 2.35. The molecule has 3 nitrogen and oxygen atoms in total. The highest BCUT2D eigenvalue weighted by atomic mass is 32.1. The molecule has 0 unspecified atom stereocenters. The molecule has 234 valence electrons. The van der Waals surface area contributed by atoms with E-state index in [1.165, 1.54) is 36.3 Å². The van der Waals surface area contributed by atoms with Crippen molar-refractivity contribution in [3.05, 3.63) is 164 Å². The third-order valence-electron chi connectivity index (χ3n) is 10.1. The second-order valence-corrected chi connectivity index (χ2v) is 14.0. The van der Waals surface area contributed by atoms with E-state index in [1.54, 1.807) is 0 Å². The van der Waals surface area contributed by atoms with Gasteiger partial charge in [-0.2, -0.15) is 0 Å². The Morgan fingerprint density at radius 2 is 0.980 bits per heavy atom. The smallest absolute Gasteiger partial charge is 0.136 e. The summed E-state index contributed by atoms with van der Waals surface area (Å²) < 4.78 is 15.1. The van der Waals surface area contributed by atoms with Gasteiger partial charge in [-0.1, -0.05) is 91.0 Å². The minimum Gasteiger partial charge on any atom is -0.456 e. The van der Waals surface area contributed by atoms with Crippen molar-refractivity contribution in [1.82, 2.24) is 0 Å². The second-order valence-electron chi connectivity index (χ2n) is 12.9. The monoisotopic (exact) mass is 657 g/mol. The Kier molecular flexibility index (Phi) is 5.83. The van der Waals surface area contributed by atoms with Gasteiger partial charge in [0.25, 0.3) is 0 Å². The van der Waals surface area contributed by atoms with Crippen LogP contribution >= 0.6 is 11.3 Å². The molecule has 11 rings (SSSR count). The first kappa shape index (κ1) is 27.6. The largest absolute Gasteiger partial charge is 0.456 e. The first-order valence-corrected chi connectivity index (χ1v) is 17.6. The molecule has 0 aliphatic heterocycles. The van der Waals surface area contributed by atoms with Crippen molar-refractivity contribution in [2.45, 2.75) is 0 Å². The summed E-state index contributed by atoms with van der Waals surface area (Å²) in [7, 11) is 0. The maximum absolute atomic E-state index is 6.29. The first-order chi connectivity index (χ1) is 24.7. The Labute approximate surface area is 290 Å². The molecule has 0 atom stereocenters. The van der Waals surface area contributed by atoms with Crippen LogP contribution in [0.1, 0.15) is 0 Å². The van der Waals surface area contributed by atoms with E-state index in [0.717, 1.165) is 66.7 Å². The maximum atomic E-state index is 6.29. The van der Waals surface area contributed by atoms with Crippen molar-refractivity contribution >= 4 is 103 Å². The molecular weight excluding hydrogens is 631 g/mol. The molecule has 11 aromatic rings. The Hall–Kier alpha value is -6.36. The second kappa shape index (κ2) is 10.6. The van der Waals surface area contributed by atoms with Crippen LogP contribution in [-0.4, -0.2) is 0 Å². The Balaban J connectivity index is 1.06. The summed E-state index contributed by atoms with van der Waals surface area (Å²) >= 11 is 1.84. The molecule has 0 N–H and O–H groups in total. The average Bonchev–Trinajstić information content (AvgIpc) is 3.86. The van der Waals surface area contributed by atoms with Gasteiger partial charge in [0, 0.05) is 58.8 Å². The van der Waals surface area contributed by atoms with Gasteiger partial charge in [-0.05, 0) is 94.7 Å². The van der Waals surface area contributed by atoms with Crippen molar-refractivity contribution in [1.29, 1.82) is 0 Å². The number of para-hydroxylation sites is 1. The van der Waals surface area contributed by atoms with Gasteiger partial charge in [0.2, 0.25) is 0 Å². The summed E-state index contributed by atoms with van der Waals surface area (Å²) in [6.07, 6.45) is 0. The molecule has 0 spiro atoms. The molecule has 0 radical (unpaired) electrons. The van der Waals surface area contributed by atoms with Gasteiger partial charge in [0.05, 0.1) is 0 Å². The number of furan rings is 2. The first-order valence-electron chi connectivity index (χ1n) is 16.8. The van der Waals surface area contributed by atoms with Gasteiger partial charge in [0.1, 0.15) is 22.3 Å². The Bertz CT molecular complexity index is 3110. The molecule has 50 heavy (non-hydrogen) atoms. The number of rotatable bonds is 4. The average molecular weight is 658 g/mol. The summed E-state index contributed by atoms with van der Waals surface area (Å²) in [5, 5.41) is 9.55. The lowest BCUT2D eigenvalue weighted by molar-refractivity contribution is 0.668. The molecule has 0 amide bonds. The quantitative estimate of drug-likeness (QED) is 0.189. The van der Waals surface area contributed by atoms with Crippen molar-refractivity contribution in [3.63, 3.8) is 0 Å². The predicted octanol–water partition coefficient (Wildman–Crippen LogP) is 14.1. The zero-order valence-electron chi connectivity index (χ0n) is 26.8. The molecule has 0 aliphatic rings. The highest BCUT2D eigenvalue weighted by molar-refractivity contribution is 7.25. The van der Waals surface area contributed by atoms with E-state index in [2.05, 4.69) is 157 Å². The minimum absolute atomic E-state index is 0.889. The van der Waals surface area contributed by atoms with Crippen LogP contribution in [0.3, 0.4) is 0 Å². The molecule has 8 aromatic carbocycles. The van der Waals surface area contributed by atoms with E-state index in [9.17, 15) is 0 Å². The van der Waals surface area contributed by atoms with Crippen molar-refractivity contribution in [3.8, 4) is 11.1 Å². The van der Waals surface area contributed by atoms with Crippen molar-refractivity contribution in [2.24, 2.45) is 0 Å². The highest BCUT2D eigenvalue weighted by Crippen LogP contribution is 2.43. The topological polar surface area (TPSA) is 29.5 Å². The van der Waals surface area contributed by atoms with E-state index in [4.69, 9.17) is 8.83 Å². The zero-order chi connectivity index (χ0) is 32.8. The lowest BCUT2D eigenvalue weighted by atomic mass is 9.99. The van der Waals surface area contributed by atoms with Gasteiger partial charge in [0.15, 0.2) is 0 Å². The fourth-order valence-corrected chi connectivity index (χ4v) is 8.82. The van der Waals surface area contributed by atoms with E-state index in [-0.39, 0.29) is 0 Å². The van der Waals surface area contributed by atoms with Crippen molar-refractivity contribution in [2.75, 3.05) is 4.90 Å². The maximum Gasteiger partial charge on any atom is 0.136 e. The number of nitrogens with zero attached hydrogens (tertiary/aromatic N) is 1. The third-order valence-corrected chi connectivity index (χ3v) is 11.2. The number of fused-ring (bicyclic) bond motifs is 11. The Morgan fingerprint density at radius 3 is 1.90 bits per heavy atom. The Morgan fingerprint density at radius 1 is 0.360 bits per heavy atom. The molecule has 3 heterocycles. The number of thiophene rings is 1. The van der Waals surface area contributed by atoms with Crippen LogP contribution in [0.5, 0.6) is 0 Å². The van der Waals surface area contributed by atoms with Crippen LogP contribution in [0.25, 0.3) is 85.9 Å². The lowest BCUT2D eigenvalue weighted by Crippen LogP contribution is -2.09. The summed E-state index contributed by atoms with van der Waals surface area (Å²) in [6.45, 7) is 0. The van der Waals surface area contributed by atoms with E-state index in [1.807, 2.05) is 23.5 Å². The van der Waals surface area contributed by atoms with Crippen LogP contribution in [0.2, 0.25) is 0 Å². The minimum atomic E-state index is 0.889. The summed E-state index contributed by atoms with van der Waals surface area (Å²) in [6, 6.07) is 58.5. The SMILES string of the molecule is c1ccc2c(c1)ccc1oc3ccc(-c4ccc(N(c5ccc6c(c5)sc5ccccc56)c5ccc6oc7ccccc7c6c5)cc4)cc3c12. The number of hydrogen-bond acceptors (Lipinski definition) is 4. The standard InChI is InChI=1S/C46H27NO2S/c1-2-8-34-29(7-1)15-23-43-46(34)39-25-30(16-22-42(39)49-43)28-13-17-31(18-14-28)47(32-20-24-41-38(26-32)35-9-3-5-11-40(35)48-41)33-19-21-37-36-10-4-6-12-44(36)50-45(37)27-33/h1-27H. The molecule has 0 bridgehead atoms. The van der Waals surface area contributed by atoms with Gasteiger partial charge in [-0.15, -0.1) is 11.3 Å². The molecule has 3 aromatic heterocycles. The third kappa shape index (κ3) is 4.16. The zero-order valence-corrected chi connectivity index (χ0v) is 27.6. The summed E-state index contributed by atoms with van der Waals surface area (Å²) in [5.41, 5.74) is 9.20. The molecule has 4 heteroatoms. The number of benzene rings is 8. The van der Waals surface area contributed by atoms with E-state index < -0.39 is 0 Å². The number of hydrogen-bond donors (Lipinski definition) is 0. The van der Waals surface area contributed by atoms with E-state index >= 15 is 0 Å². The normalized spacial score (nSPS) is 12.0. The van der Waals surface area contributed by atoms with Crippen LogP contribution in [-0.2, 0) is 0 Å². The van der Waals surface area contributed by atoms with E-state index in [0.29, 0.717) is 0 Å². The van der Waals surface area contributed by atoms with Gasteiger partial charge < -0.3 is 13.7 Å². The van der Waals surface area contributed by atoms with Crippen molar-refractivity contribution < 1.29 is 8.83 Å². The van der Waals surface area contributed by atoms with Crippen LogP contribution in [0.4, 0.5) is 17.1 Å². The predicted molar refractivity (Wildman–Crippen MR) is 212 cm³/mol. The van der Waals surface area contributed by atoms with Crippen LogP contribution in [0.15, 0.2) is 173 Å². The molecule has 0 aliphatic carbocycles. The summed E-state index contributed by atoms with van der Waals surface area (Å²) in [5.74, 6) is 0. The van der Waals surface area contributed by atoms with Crippen LogP contribution < -0.4 is 4.90 Å². The molecule has 0 saturated carbocycles. The van der Waals surface area contributed by atoms with Crippen LogP contribution in [0, 0.1) is 0 Å². The van der Waals surface area contributed by atoms with Gasteiger partial charge in [-0.25, -0.2) is 0 Å². The molecule has 0 fully saturated rings. The van der Waals surface area contributed by atoms with Gasteiger partial charge >= 0.3 is 0 Å². The number of anilines is 3. The van der Waals surface area contributed by atoms with Gasteiger partial charge in [-0.3, -0.25) is 0 Å². The lowest BCUT2D eigenvalue weighted by Gasteiger charge is -2.26. The fourth-order valence-electron chi connectivity index (χ4n) is 7.68. The molecular formula is C46H27NO2S. The highest BCUT2D eigenvalue weighted by Gasteiger charge is 2.18. The fraction of sp³-hybridized carbons (Fsp3) is 0.